The normalized spacial score (nSPS) is 19.3. The van der Waals surface area contributed by atoms with E-state index in [1.54, 1.807) is 31.2 Å². The number of carbonyl (C=O) groups is 2. The predicted octanol–water partition coefficient (Wildman–Crippen LogP) is 2.49. The first-order chi connectivity index (χ1) is 10.2. The first-order valence-electron chi connectivity index (χ1n) is 6.89. The number of hydrogen-bond acceptors (Lipinski definition) is 4. The van der Waals surface area contributed by atoms with Crippen LogP contribution in [0, 0.1) is 0 Å². The molecular weight excluding hydrogens is 288 g/mol. The van der Waals surface area contributed by atoms with Crippen molar-refractivity contribution in [2.24, 2.45) is 4.99 Å². The minimum Gasteiger partial charge on any atom is -0.462 e. The monoisotopic (exact) mass is 305 g/mol. The van der Waals surface area contributed by atoms with Crippen molar-refractivity contribution in [3.63, 3.8) is 0 Å². The maximum atomic E-state index is 12.3. The number of ether oxygens (including phenoxy) is 1. The molecule has 2 rings (SSSR count). The number of benzene rings is 1. The number of esters is 1. The minimum absolute atomic E-state index is 0.240. The molecule has 1 atom stereocenters. The molecule has 1 unspecified atom stereocenters. The molecule has 0 aliphatic carbocycles. The average molecular weight is 305 g/mol. The second-order valence-electron chi connectivity index (χ2n) is 4.45. The zero-order valence-electron chi connectivity index (χ0n) is 12.0. The van der Waals surface area contributed by atoms with Gasteiger partial charge in [0.25, 0.3) is 5.91 Å². The van der Waals surface area contributed by atoms with Crippen LogP contribution in [0.15, 0.2) is 29.3 Å². The number of amidine groups is 1. The van der Waals surface area contributed by atoms with Gasteiger partial charge in [0, 0.05) is 5.25 Å². The lowest BCUT2D eigenvalue weighted by molar-refractivity contribution is 0.0523. The van der Waals surface area contributed by atoms with E-state index in [9.17, 15) is 9.59 Å². The average Bonchev–Trinajstić information content (AvgIpc) is 2.95. The van der Waals surface area contributed by atoms with E-state index >= 15 is 0 Å². The molecule has 0 spiro atoms. The molecule has 5 nitrogen and oxygen atoms in total. The Morgan fingerprint density at radius 3 is 2.67 bits per heavy atom. The summed E-state index contributed by atoms with van der Waals surface area (Å²) in [5.74, 6) is -0.967. The van der Waals surface area contributed by atoms with E-state index in [1.807, 2.05) is 0 Å². The van der Waals surface area contributed by atoms with Crippen molar-refractivity contribution in [3.8, 4) is 0 Å². The molecule has 1 saturated heterocycles. The van der Waals surface area contributed by atoms with Gasteiger partial charge in [-0.15, -0.1) is 0 Å². The molecule has 111 valence electrons. The molecule has 21 heavy (non-hydrogen) atoms. The quantitative estimate of drug-likeness (QED) is 0.801. The van der Waals surface area contributed by atoms with Crippen LogP contribution in [0.1, 0.15) is 41.0 Å². The van der Waals surface area contributed by atoms with Gasteiger partial charge in [-0.25, -0.2) is 4.79 Å². The van der Waals surface area contributed by atoms with Crippen LogP contribution in [-0.4, -0.2) is 35.4 Å². The second kappa shape index (κ2) is 7.26. The van der Waals surface area contributed by atoms with E-state index in [0.717, 1.165) is 6.42 Å². The molecule has 0 aromatic heterocycles. The van der Waals surface area contributed by atoms with Crippen molar-refractivity contribution in [1.29, 1.82) is 0 Å². The summed E-state index contributed by atoms with van der Waals surface area (Å²) in [5, 5.41) is 5.12. The first-order valence-corrected chi connectivity index (χ1v) is 7.77. The third-order valence-electron chi connectivity index (χ3n) is 3.01. The van der Waals surface area contributed by atoms with E-state index in [4.69, 9.17) is 4.74 Å². The summed E-state index contributed by atoms with van der Waals surface area (Å²) in [6.45, 7) is 4.75. The Bertz CT molecular complexity index is 572. The summed E-state index contributed by atoms with van der Waals surface area (Å²) in [4.78, 5) is 28.1. The Morgan fingerprint density at radius 2 is 2.05 bits per heavy atom. The van der Waals surface area contributed by atoms with E-state index in [2.05, 4.69) is 17.2 Å². The highest BCUT2D eigenvalue weighted by Gasteiger charge is 2.23. The van der Waals surface area contributed by atoms with Crippen molar-refractivity contribution in [2.75, 3.05) is 13.2 Å². The summed E-state index contributed by atoms with van der Waals surface area (Å²) >= 11 is 1.50. The van der Waals surface area contributed by atoms with Crippen molar-refractivity contribution in [1.82, 2.24) is 5.32 Å². The number of thioether (sulfide) groups is 1. The Hall–Kier alpha value is -1.82. The smallest absolute Gasteiger partial charge is 0.338 e. The molecular formula is C15H17N2O3S. The fourth-order valence-electron chi connectivity index (χ4n) is 1.88. The van der Waals surface area contributed by atoms with Crippen LogP contribution in [0.25, 0.3) is 0 Å². The number of hydrogen-bond donors (Lipinski definition) is 0. The topological polar surface area (TPSA) is 69.8 Å². The SMILES string of the molecule is CCOC(=O)c1ccccc1C(=O)N=C1[N]CC(CC)S1. The lowest BCUT2D eigenvalue weighted by Gasteiger charge is -2.05. The van der Waals surface area contributed by atoms with Crippen LogP contribution in [0.2, 0.25) is 0 Å². The summed E-state index contributed by atoms with van der Waals surface area (Å²) in [5.41, 5.74) is 0.489. The molecule has 0 saturated carbocycles. The molecule has 1 aliphatic heterocycles. The largest absolute Gasteiger partial charge is 0.462 e. The van der Waals surface area contributed by atoms with Gasteiger partial charge in [-0.2, -0.15) is 4.99 Å². The summed E-state index contributed by atoms with van der Waals surface area (Å²) < 4.78 is 4.95. The Kier molecular flexibility index (Phi) is 5.38. The molecule has 1 heterocycles. The minimum atomic E-state index is -0.510. The van der Waals surface area contributed by atoms with Crippen molar-refractivity contribution in [3.05, 3.63) is 35.4 Å². The number of rotatable bonds is 4. The fourth-order valence-corrected chi connectivity index (χ4v) is 2.78. The van der Waals surface area contributed by atoms with Gasteiger partial charge >= 0.3 is 5.97 Å². The molecule has 1 aromatic rings. The standard InChI is InChI=1S/C15H17N2O3S/c1-3-10-9-16-15(21-10)17-13(18)11-7-5-6-8-12(11)14(19)20-4-2/h5-8,10H,3-4,9H2,1-2H3. The first kappa shape index (κ1) is 15.6. The maximum absolute atomic E-state index is 12.3. The van der Waals surface area contributed by atoms with Gasteiger partial charge in [0.15, 0.2) is 5.17 Å². The lowest BCUT2D eigenvalue weighted by Crippen LogP contribution is -2.13. The molecule has 1 fully saturated rings. The summed E-state index contributed by atoms with van der Waals surface area (Å²) in [6.07, 6.45) is 0.987. The Morgan fingerprint density at radius 1 is 1.33 bits per heavy atom. The van der Waals surface area contributed by atoms with E-state index < -0.39 is 11.9 Å². The van der Waals surface area contributed by atoms with Crippen molar-refractivity contribution in [2.45, 2.75) is 25.5 Å². The maximum Gasteiger partial charge on any atom is 0.338 e. The molecule has 1 aliphatic rings. The Labute approximate surface area is 128 Å². The van der Waals surface area contributed by atoms with Crippen LogP contribution in [0.3, 0.4) is 0 Å². The van der Waals surface area contributed by atoms with E-state index in [0.29, 0.717) is 17.0 Å². The third-order valence-corrected chi connectivity index (χ3v) is 4.25. The zero-order chi connectivity index (χ0) is 15.2. The molecule has 0 bridgehead atoms. The molecule has 1 radical (unpaired) electrons. The van der Waals surface area contributed by atoms with Crippen LogP contribution in [0.5, 0.6) is 0 Å². The predicted molar refractivity (Wildman–Crippen MR) is 82.8 cm³/mol. The summed E-state index contributed by atoms with van der Waals surface area (Å²) in [6, 6.07) is 6.54. The molecule has 0 N–H and O–H groups in total. The van der Waals surface area contributed by atoms with E-state index in [1.165, 1.54) is 11.8 Å². The molecule has 1 amide bonds. The van der Waals surface area contributed by atoms with Crippen LogP contribution < -0.4 is 5.32 Å². The van der Waals surface area contributed by atoms with Gasteiger partial charge in [-0.05, 0) is 25.5 Å². The van der Waals surface area contributed by atoms with Gasteiger partial charge in [0.1, 0.15) is 0 Å². The van der Waals surface area contributed by atoms with Crippen molar-refractivity contribution >= 4 is 28.8 Å². The van der Waals surface area contributed by atoms with Gasteiger partial charge in [-0.3, -0.25) is 10.1 Å². The highest BCUT2D eigenvalue weighted by Crippen LogP contribution is 2.22. The zero-order valence-corrected chi connectivity index (χ0v) is 12.9. The lowest BCUT2D eigenvalue weighted by atomic mass is 10.1. The highest BCUT2D eigenvalue weighted by atomic mass is 32.2. The highest BCUT2D eigenvalue weighted by molar-refractivity contribution is 8.14. The van der Waals surface area contributed by atoms with Crippen LogP contribution in [-0.2, 0) is 4.74 Å². The summed E-state index contributed by atoms with van der Waals surface area (Å²) in [7, 11) is 0. The van der Waals surface area contributed by atoms with Crippen molar-refractivity contribution < 1.29 is 14.3 Å². The number of nitrogens with zero attached hydrogens (tertiary/aromatic N) is 2. The molecule has 6 heteroatoms. The van der Waals surface area contributed by atoms with Gasteiger partial charge in [0.2, 0.25) is 0 Å². The fraction of sp³-hybridized carbons (Fsp3) is 0.400. The van der Waals surface area contributed by atoms with Gasteiger partial charge in [-0.1, -0.05) is 30.8 Å². The van der Waals surface area contributed by atoms with Gasteiger partial charge in [0.05, 0.1) is 24.3 Å². The van der Waals surface area contributed by atoms with Gasteiger partial charge < -0.3 is 4.74 Å². The third kappa shape index (κ3) is 3.85. The second-order valence-corrected chi connectivity index (χ2v) is 5.72. The Balaban J connectivity index is 2.20. The van der Waals surface area contributed by atoms with Crippen LogP contribution >= 0.6 is 11.8 Å². The van der Waals surface area contributed by atoms with Crippen LogP contribution in [0.4, 0.5) is 0 Å². The number of aliphatic imine (C=N–C) groups is 1. The van der Waals surface area contributed by atoms with E-state index in [-0.39, 0.29) is 17.7 Å². The number of amides is 1. The number of carbonyl (C=O) groups excluding carboxylic acids is 2. The molecule has 1 aromatic carbocycles.